The van der Waals surface area contributed by atoms with E-state index in [4.69, 9.17) is 0 Å². The molecule has 1 aromatic rings. The van der Waals surface area contributed by atoms with Crippen molar-refractivity contribution in [3.05, 3.63) is 47.5 Å². The molecule has 0 aliphatic carbocycles. The van der Waals surface area contributed by atoms with Crippen molar-refractivity contribution < 1.29 is 27.5 Å². The van der Waals surface area contributed by atoms with E-state index in [1.54, 1.807) is 0 Å². The summed E-state index contributed by atoms with van der Waals surface area (Å²) in [6, 6.07) is 3.00. The third-order valence-corrected chi connectivity index (χ3v) is 2.45. The van der Waals surface area contributed by atoms with E-state index in [-0.39, 0.29) is 6.54 Å². The van der Waals surface area contributed by atoms with E-state index >= 15 is 0 Å². The number of hydrogen-bond donors (Lipinski definition) is 1. The quantitative estimate of drug-likeness (QED) is 0.683. The molecule has 7 heteroatoms. The lowest BCUT2D eigenvalue weighted by Gasteiger charge is -2.13. The zero-order valence-corrected chi connectivity index (χ0v) is 10.6. The van der Waals surface area contributed by atoms with Crippen LogP contribution in [0.15, 0.2) is 30.9 Å². The van der Waals surface area contributed by atoms with Crippen molar-refractivity contribution >= 4 is 11.9 Å². The van der Waals surface area contributed by atoms with Gasteiger partial charge in [-0.05, 0) is 23.8 Å². The summed E-state index contributed by atoms with van der Waals surface area (Å²) in [5.74, 6) is -1.56. The molecule has 1 rings (SSSR count). The van der Waals surface area contributed by atoms with Gasteiger partial charge >= 0.3 is 12.1 Å². The number of carbonyl (C=O) groups excluding carboxylic acids is 2. The Kier molecular flexibility index (Phi) is 4.90. The fraction of sp³-hybridized carbons (Fsp3) is 0.231. The summed E-state index contributed by atoms with van der Waals surface area (Å²) in [6.45, 7) is 3.22. The van der Waals surface area contributed by atoms with Gasteiger partial charge in [-0.25, -0.2) is 4.79 Å². The summed E-state index contributed by atoms with van der Waals surface area (Å²) < 4.78 is 42.6. The highest BCUT2D eigenvalue weighted by molar-refractivity contribution is 5.91. The number of rotatable bonds is 4. The maximum atomic E-state index is 12.8. The van der Waals surface area contributed by atoms with Crippen molar-refractivity contribution in [3.8, 4) is 0 Å². The summed E-state index contributed by atoms with van der Waals surface area (Å²) in [7, 11) is 0.995. The smallest absolute Gasteiger partial charge is 0.417 e. The van der Waals surface area contributed by atoms with Crippen LogP contribution in [0.3, 0.4) is 0 Å². The lowest BCUT2D eigenvalue weighted by Crippen LogP contribution is -2.21. The van der Waals surface area contributed by atoms with Gasteiger partial charge in [0.15, 0.2) is 0 Å². The van der Waals surface area contributed by atoms with Crippen LogP contribution in [0.1, 0.15) is 21.5 Å². The number of methoxy groups -OCH3 is 1. The summed E-state index contributed by atoms with van der Waals surface area (Å²) in [5, 5.41) is 2.40. The number of carbonyl (C=O) groups is 2. The van der Waals surface area contributed by atoms with Gasteiger partial charge in [-0.2, -0.15) is 13.2 Å². The van der Waals surface area contributed by atoms with Gasteiger partial charge in [0.25, 0.3) is 0 Å². The monoisotopic (exact) mass is 287 g/mol. The zero-order chi connectivity index (χ0) is 15.3. The normalized spacial score (nSPS) is 10.8. The lowest BCUT2D eigenvalue weighted by atomic mass is 10.0. The molecule has 0 radical (unpaired) electrons. The first-order valence-corrected chi connectivity index (χ1v) is 5.48. The second kappa shape index (κ2) is 6.23. The van der Waals surface area contributed by atoms with Crippen molar-refractivity contribution in [2.75, 3.05) is 7.11 Å². The molecule has 0 unspecified atom stereocenters. The molecule has 0 atom stereocenters. The molecule has 0 spiro atoms. The van der Waals surface area contributed by atoms with Gasteiger partial charge in [0.05, 0.1) is 18.2 Å². The van der Waals surface area contributed by atoms with E-state index in [9.17, 15) is 22.8 Å². The molecule has 20 heavy (non-hydrogen) atoms. The highest BCUT2D eigenvalue weighted by Crippen LogP contribution is 2.32. The van der Waals surface area contributed by atoms with Crippen molar-refractivity contribution in [3.63, 3.8) is 0 Å². The number of benzene rings is 1. The van der Waals surface area contributed by atoms with Crippen LogP contribution in [-0.4, -0.2) is 19.0 Å². The van der Waals surface area contributed by atoms with E-state index in [0.29, 0.717) is 5.56 Å². The molecular weight excluding hydrogens is 275 g/mol. The molecule has 1 amide bonds. The molecule has 0 heterocycles. The Labute approximate surface area is 113 Å². The predicted octanol–water partition coefficient (Wildman–Crippen LogP) is 2.29. The van der Waals surface area contributed by atoms with Crippen LogP contribution < -0.4 is 5.32 Å². The minimum Gasteiger partial charge on any atom is -0.465 e. The average molecular weight is 287 g/mol. The number of hydrogen-bond acceptors (Lipinski definition) is 3. The summed E-state index contributed by atoms with van der Waals surface area (Å²) in [5.41, 5.74) is -1.33. The van der Waals surface area contributed by atoms with Gasteiger partial charge in [-0.15, -0.1) is 0 Å². The van der Waals surface area contributed by atoms with Gasteiger partial charge in [-0.1, -0.05) is 12.6 Å². The Morgan fingerprint density at radius 3 is 2.55 bits per heavy atom. The van der Waals surface area contributed by atoms with Crippen molar-refractivity contribution in [1.29, 1.82) is 0 Å². The third kappa shape index (κ3) is 3.84. The van der Waals surface area contributed by atoms with Crippen molar-refractivity contribution in [2.24, 2.45) is 0 Å². The molecular formula is C13H12F3NO3. The molecule has 108 valence electrons. The lowest BCUT2D eigenvalue weighted by molar-refractivity contribution is -0.138. The van der Waals surface area contributed by atoms with E-state index in [2.05, 4.69) is 16.6 Å². The Balaban J connectivity index is 3.11. The molecule has 1 aromatic carbocycles. The molecule has 0 aliphatic rings. The van der Waals surface area contributed by atoms with Gasteiger partial charge in [0.2, 0.25) is 5.91 Å². The number of nitrogens with one attached hydrogen (secondary N) is 1. The zero-order valence-electron chi connectivity index (χ0n) is 10.6. The van der Waals surface area contributed by atoms with E-state index in [1.807, 2.05) is 0 Å². The molecule has 1 N–H and O–H groups in total. The standard InChI is InChI=1S/C13H12F3NO3/c1-3-11(18)17-7-8-4-5-10(13(14,15)16)9(6-8)12(19)20-2/h3-6H,1,7H2,2H3,(H,17,18). The Bertz CT molecular complexity index is 538. The van der Waals surface area contributed by atoms with E-state index in [0.717, 1.165) is 25.3 Å². The molecule has 0 aromatic heterocycles. The largest absolute Gasteiger partial charge is 0.465 e. The molecule has 0 bridgehead atoms. The van der Waals surface area contributed by atoms with Crippen LogP contribution in [-0.2, 0) is 22.3 Å². The minimum atomic E-state index is -4.66. The van der Waals surface area contributed by atoms with Gasteiger partial charge in [0.1, 0.15) is 0 Å². The first-order chi connectivity index (χ1) is 9.29. The molecule has 0 aliphatic heterocycles. The summed E-state index contributed by atoms with van der Waals surface area (Å²) in [4.78, 5) is 22.4. The maximum absolute atomic E-state index is 12.8. The Morgan fingerprint density at radius 2 is 2.05 bits per heavy atom. The summed E-state index contributed by atoms with van der Waals surface area (Å²) in [6.07, 6.45) is -3.63. The SMILES string of the molecule is C=CC(=O)NCc1ccc(C(F)(F)F)c(C(=O)OC)c1. The third-order valence-electron chi connectivity index (χ3n) is 2.45. The second-order valence-corrected chi connectivity index (χ2v) is 3.79. The summed E-state index contributed by atoms with van der Waals surface area (Å²) >= 11 is 0. The first-order valence-electron chi connectivity index (χ1n) is 5.48. The predicted molar refractivity (Wildman–Crippen MR) is 64.8 cm³/mol. The van der Waals surface area contributed by atoms with Crippen LogP contribution in [0.2, 0.25) is 0 Å². The van der Waals surface area contributed by atoms with E-state index in [1.165, 1.54) is 6.07 Å². The molecule has 0 fully saturated rings. The number of esters is 1. The van der Waals surface area contributed by atoms with Crippen LogP contribution in [0.25, 0.3) is 0 Å². The van der Waals surface area contributed by atoms with Crippen LogP contribution in [0.4, 0.5) is 13.2 Å². The Morgan fingerprint density at radius 1 is 1.40 bits per heavy atom. The second-order valence-electron chi connectivity index (χ2n) is 3.79. The minimum absolute atomic E-state index is 0.0208. The first kappa shape index (κ1) is 15.7. The Hall–Kier alpha value is -2.31. The highest BCUT2D eigenvalue weighted by atomic mass is 19.4. The van der Waals surface area contributed by atoms with Gasteiger partial charge in [0, 0.05) is 6.54 Å². The van der Waals surface area contributed by atoms with Gasteiger partial charge in [-0.3, -0.25) is 4.79 Å². The highest BCUT2D eigenvalue weighted by Gasteiger charge is 2.35. The average Bonchev–Trinajstić information content (AvgIpc) is 2.42. The molecule has 0 saturated heterocycles. The van der Waals surface area contributed by atoms with Crippen LogP contribution >= 0.6 is 0 Å². The fourth-order valence-electron chi connectivity index (χ4n) is 1.49. The van der Waals surface area contributed by atoms with Gasteiger partial charge < -0.3 is 10.1 Å². The van der Waals surface area contributed by atoms with Crippen LogP contribution in [0.5, 0.6) is 0 Å². The molecule has 0 saturated carbocycles. The number of ether oxygens (including phenoxy) is 1. The van der Waals surface area contributed by atoms with E-state index < -0.39 is 29.2 Å². The number of amides is 1. The van der Waals surface area contributed by atoms with Crippen LogP contribution in [0, 0.1) is 0 Å². The van der Waals surface area contributed by atoms with Crippen molar-refractivity contribution in [2.45, 2.75) is 12.7 Å². The number of alkyl halides is 3. The topological polar surface area (TPSA) is 55.4 Å². The maximum Gasteiger partial charge on any atom is 0.417 e. The molecule has 4 nitrogen and oxygen atoms in total. The fourth-order valence-corrected chi connectivity index (χ4v) is 1.49. The van der Waals surface area contributed by atoms with Crippen molar-refractivity contribution in [1.82, 2.24) is 5.32 Å². The number of halogens is 3.